The van der Waals surface area contributed by atoms with E-state index in [1.54, 1.807) is 12.1 Å². The third kappa shape index (κ3) is 2.59. The number of benzene rings is 2. The van der Waals surface area contributed by atoms with Gasteiger partial charge < -0.3 is 4.74 Å². The Morgan fingerprint density at radius 1 is 0.926 bits per heavy atom. The fourth-order valence-electron chi connectivity index (χ4n) is 4.65. The summed E-state index contributed by atoms with van der Waals surface area (Å²) in [6.07, 6.45) is 5.13. The smallest absolute Gasteiger partial charge is 0.238 e. The average molecular weight is 380 g/mol. The Morgan fingerprint density at radius 2 is 1.56 bits per heavy atom. The molecule has 2 amide bonds. The summed E-state index contributed by atoms with van der Waals surface area (Å²) in [4.78, 5) is 27.5. The molecule has 5 rings (SSSR count). The second-order valence-corrected chi connectivity index (χ2v) is 7.83. The number of anilines is 1. The number of fused-ring (bicyclic) bond motifs is 5. The van der Waals surface area contributed by atoms with Crippen LogP contribution in [0.4, 0.5) is 5.69 Å². The van der Waals surface area contributed by atoms with Gasteiger partial charge >= 0.3 is 0 Å². The van der Waals surface area contributed by atoms with Gasteiger partial charge in [-0.1, -0.05) is 48.0 Å². The van der Waals surface area contributed by atoms with Crippen LogP contribution in [-0.4, -0.2) is 11.8 Å². The minimum Gasteiger partial charge on any atom is -0.487 e. The van der Waals surface area contributed by atoms with E-state index in [2.05, 4.69) is 12.2 Å². The van der Waals surface area contributed by atoms with Gasteiger partial charge in [-0.2, -0.15) is 0 Å². The van der Waals surface area contributed by atoms with Crippen molar-refractivity contribution in [3.8, 4) is 5.75 Å². The summed E-state index contributed by atoms with van der Waals surface area (Å²) in [5.74, 6) is 0.323. The first-order valence-corrected chi connectivity index (χ1v) is 9.53. The highest BCUT2D eigenvalue weighted by Gasteiger charge is 2.59. The lowest BCUT2D eigenvalue weighted by Gasteiger charge is -2.20. The number of hydrogen-bond acceptors (Lipinski definition) is 3. The van der Waals surface area contributed by atoms with Crippen molar-refractivity contribution in [2.24, 2.45) is 23.7 Å². The number of allylic oxidation sites excluding steroid dienone is 2. The minimum atomic E-state index is -0.211. The minimum absolute atomic E-state index is 0.0932. The van der Waals surface area contributed by atoms with Crippen molar-refractivity contribution < 1.29 is 14.3 Å². The molecule has 1 heterocycles. The maximum absolute atomic E-state index is 13.1. The Hall–Kier alpha value is -2.59. The summed E-state index contributed by atoms with van der Waals surface area (Å²) in [5, 5.41) is 0.669. The van der Waals surface area contributed by atoms with Crippen LogP contribution in [0.5, 0.6) is 5.75 Å². The molecule has 0 spiro atoms. The molecule has 4 atom stereocenters. The number of ether oxygens (including phenoxy) is 1. The molecule has 1 saturated carbocycles. The summed E-state index contributed by atoms with van der Waals surface area (Å²) in [5.41, 5.74) is 1.50. The molecule has 1 saturated heterocycles. The Bertz CT molecular complexity index is 922. The molecule has 5 heteroatoms. The zero-order valence-corrected chi connectivity index (χ0v) is 15.3. The Balaban J connectivity index is 1.42. The summed E-state index contributed by atoms with van der Waals surface area (Å²) >= 11 is 5.92. The van der Waals surface area contributed by atoms with Crippen LogP contribution in [0.15, 0.2) is 60.7 Å². The molecular formula is C22H18ClNO3. The SMILES string of the molecule is O=C1C2C3C=CC(C3)C2C(=O)N1c1ccccc1OCc1ccc(Cl)cc1. The molecule has 0 aromatic heterocycles. The van der Waals surface area contributed by atoms with E-state index in [9.17, 15) is 9.59 Å². The van der Waals surface area contributed by atoms with Crippen molar-refractivity contribution >= 4 is 29.1 Å². The van der Waals surface area contributed by atoms with Gasteiger partial charge in [-0.3, -0.25) is 9.59 Å². The molecule has 3 aliphatic rings. The van der Waals surface area contributed by atoms with Crippen molar-refractivity contribution in [1.82, 2.24) is 0 Å². The van der Waals surface area contributed by atoms with E-state index in [1.165, 1.54) is 4.90 Å². The molecule has 2 aliphatic carbocycles. The van der Waals surface area contributed by atoms with Gasteiger partial charge in [-0.25, -0.2) is 4.90 Å². The fourth-order valence-corrected chi connectivity index (χ4v) is 4.77. The van der Waals surface area contributed by atoms with Gasteiger partial charge in [0.05, 0.1) is 17.5 Å². The van der Waals surface area contributed by atoms with E-state index in [4.69, 9.17) is 16.3 Å². The molecule has 0 N–H and O–H groups in total. The molecule has 2 bridgehead atoms. The molecule has 2 fully saturated rings. The molecule has 2 aromatic carbocycles. The highest BCUT2D eigenvalue weighted by atomic mass is 35.5. The van der Waals surface area contributed by atoms with Crippen LogP contribution in [0, 0.1) is 23.7 Å². The second-order valence-electron chi connectivity index (χ2n) is 7.39. The Kier molecular flexibility index (Phi) is 3.83. The molecule has 4 unspecified atom stereocenters. The molecule has 1 aliphatic heterocycles. The summed E-state index contributed by atoms with van der Waals surface area (Å²) in [6.45, 7) is 0.337. The Morgan fingerprint density at radius 3 is 2.22 bits per heavy atom. The van der Waals surface area contributed by atoms with Crippen molar-refractivity contribution in [2.45, 2.75) is 13.0 Å². The zero-order chi connectivity index (χ0) is 18.5. The summed E-state index contributed by atoms with van der Waals surface area (Å²) < 4.78 is 5.96. The molecule has 27 heavy (non-hydrogen) atoms. The number of carbonyl (C=O) groups is 2. The van der Waals surface area contributed by atoms with E-state index < -0.39 is 0 Å². The van der Waals surface area contributed by atoms with Crippen molar-refractivity contribution in [1.29, 1.82) is 0 Å². The molecule has 136 valence electrons. The van der Waals surface area contributed by atoms with Crippen LogP contribution in [0.3, 0.4) is 0 Å². The molecule has 0 radical (unpaired) electrons. The van der Waals surface area contributed by atoms with Gasteiger partial charge in [0.1, 0.15) is 12.4 Å². The van der Waals surface area contributed by atoms with Crippen molar-refractivity contribution in [2.75, 3.05) is 4.90 Å². The lowest BCUT2D eigenvalue weighted by Crippen LogP contribution is -2.33. The number of carbonyl (C=O) groups excluding carboxylic acids is 2. The van der Waals surface area contributed by atoms with Gasteiger partial charge in [0.15, 0.2) is 0 Å². The first-order valence-electron chi connectivity index (χ1n) is 9.16. The van der Waals surface area contributed by atoms with E-state index in [-0.39, 0.29) is 35.5 Å². The first kappa shape index (κ1) is 16.6. The highest BCUT2D eigenvalue weighted by molar-refractivity contribution is 6.30. The lowest BCUT2D eigenvalue weighted by atomic mass is 9.85. The third-order valence-electron chi connectivity index (χ3n) is 5.88. The maximum atomic E-state index is 13.1. The number of rotatable bonds is 4. The number of nitrogens with zero attached hydrogens (tertiary/aromatic N) is 1. The van der Waals surface area contributed by atoms with E-state index >= 15 is 0 Å². The van der Waals surface area contributed by atoms with Gasteiger partial charge in [0.25, 0.3) is 0 Å². The van der Waals surface area contributed by atoms with E-state index in [0.29, 0.717) is 23.1 Å². The predicted octanol–water partition coefficient (Wildman–Crippen LogP) is 4.23. The van der Waals surface area contributed by atoms with Crippen molar-refractivity contribution in [3.05, 3.63) is 71.3 Å². The first-order chi connectivity index (χ1) is 13.1. The van der Waals surface area contributed by atoms with Crippen LogP contribution < -0.4 is 9.64 Å². The maximum Gasteiger partial charge on any atom is 0.238 e. The normalized spacial score (nSPS) is 28.1. The van der Waals surface area contributed by atoms with Gasteiger partial charge in [-0.15, -0.1) is 0 Å². The van der Waals surface area contributed by atoms with Crippen LogP contribution in [0.2, 0.25) is 5.02 Å². The zero-order valence-electron chi connectivity index (χ0n) is 14.5. The number of imide groups is 1. The van der Waals surface area contributed by atoms with Crippen molar-refractivity contribution in [3.63, 3.8) is 0 Å². The van der Waals surface area contributed by atoms with Gasteiger partial charge in [0.2, 0.25) is 11.8 Å². The standard InChI is InChI=1S/C22H18ClNO3/c23-16-9-5-13(6-10-16)12-27-18-4-2-1-3-17(18)24-21(25)19-14-7-8-15(11-14)20(19)22(24)26/h1-10,14-15,19-20H,11-12H2. The largest absolute Gasteiger partial charge is 0.487 e. The van der Waals surface area contributed by atoms with Crippen LogP contribution in [-0.2, 0) is 16.2 Å². The highest BCUT2D eigenvalue weighted by Crippen LogP contribution is 2.53. The van der Waals surface area contributed by atoms with Crippen LogP contribution in [0.25, 0.3) is 0 Å². The average Bonchev–Trinajstić information content (AvgIpc) is 3.36. The van der Waals surface area contributed by atoms with Crippen LogP contribution in [0.1, 0.15) is 12.0 Å². The second kappa shape index (κ2) is 6.24. The number of amides is 2. The third-order valence-corrected chi connectivity index (χ3v) is 6.14. The monoisotopic (exact) mass is 379 g/mol. The number of halogens is 1. The summed E-state index contributed by atoms with van der Waals surface area (Å²) in [7, 11) is 0. The molecule has 2 aromatic rings. The predicted molar refractivity (Wildman–Crippen MR) is 102 cm³/mol. The fraction of sp³-hybridized carbons (Fsp3) is 0.273. The summed E-state index contributed by atoms with van der Waals surface area (Å²) in [6, 6.07) is 14.7. The van der Waals surface area contributed by atoms with E-state index in [0.717, 1.165) is 12.0 Å². The molecular weight excluding hydrogens is 362 g/mol. The van der Waals surface area contributed by atoms with E-state index in [1.807, 2.05) is 36.4 Å². The number of hydrogen-bond donors (Lipinski definition) is 0. The number of para-hydroxylation sites is 2. The lowest BCUT2D eigenvalue weighted by molar-refractivity contribution is -0.123. The van der Waals surface area contributed by atoms with Gasteiger partial charge in [0, 0.05) is 5.02 Å². The quantitative estimate of drug-likeness (QED) is 0.590. The van der Waals surface area contributed by atoms with Gasteiger partial charge in [-0.05, 0) is 48.1 Å². The Labute approximate surface area is 162 Å². The molecule has 4 nitrogen and oxygen atoms in total. The van der Waals surface area contributed by atoms with Crippen LogP contribution >= 0.6 is 11.6 Å². The topological polar surface area (TPSA) is 46.6 Å².